The highest BCUT2D eigenvalue weighted by molar-refractivity contribution is 5.43. The van der Waals surface area contributed by atoms with Gasteiger partial charge in [0.2, 0.25) is 5.95 Å². The number of aromatic nitrogens is 2. The van der Waals surface area contributed by atoms with Gasteiger partial charge in [0.25, 0.3) is 0 Å². The van der Waals surface area contributed by atoms with Crippen molar-refractivity contribution in [3.05, 3.63) is 11.8 Å². The van der Waals surface area contributed by atoms with Gasteiger partial charge in [0.05, 0.1) is 18.9 Å². The SMILES string of the molecule is OCCNc1nc(NCCN2CCCC2)cc([C@H]2CCOC2)n1. The third kappa shape index (κ3) is 4.76. The molecule has 2 aliphatic heterocycles. The van der Waals surface area contributed by atoms with Gasteiger partial charge in [-0.25, -0.2) is 4.98 Å². The number of aliphatic hydroxyl groups is 1. The fraction of sp³-hybridized carbons (Fsp3) is 0.750. The number of nitrogens with zero attached hydrogens (tertiary/aromatic N) is 3. The molecule has 23 heavy (non-hydrogen) atoms. The highest BCUT2D eigenvalue weighted by Crippen LogP contribution is 2.26. The van der Waals surface area contributed by atoms with Crippen LogP contribution in [-0.2, 0) is 4.74 Å². The maximum Gasteiger partial charge on any atom is 0.224 e. The van der Waals surface area contributed by atoms with E-state index in [1.54, 1.807) is 0 Å². The zero-order valence-electron chi connectivity index (χ0n) is 13.6. The van der Waals surface area contributed by atoms with Gasteiger partial charge in [-0.05, 0) is 32.4 Å². The number of nitrogens with one attached hydrogen (secondary N) is 2. The second-order valence-corrected chi connectivity index (χ2v) is 6.19. The summed E-state index contributed by atoms with van der Waals surface area (Å²) >= 11 is 0. The first-order valence-corrected chi connectivity index (χ1v) is 8.63. The Kier molecular flexibility index (Phi) is 6.01. The highest BCUT2D eigenvalue weighted by Gasteiger charge is 2.21. The third-order valence-electron chi connectivity index (χ3n) is 4.42. The first-order chi connectivity index (χ1) is 11.3. The summed E-state index contributed by atoms with van der Waals surface area (Å²) in [5.74, 6) is 1.76. The topological polar surface area (TPSA) is 82.5 Å². The molecule has 2 aliphatic rings. The van der Waals surface area contributed by atoms with Gasteiger partial charge in [0.15, 0.2) is 0 Å². The van der Waals surface area contributed by atoms with Crippen LogP contribution in [0.3, 0.4) is 0 Å². The lowest BCUT2D eigenvalue weighted by atomic mass is 10.0. The first-order valence-electron chi connectivity index (χ1n) is 8.63. The van der Waals surface area contributed by atoms with Crippen molar-refractivity contribution in [3.63, 3.8) is 0 Å². The van der Waals surface area contributed by atoms with Gasteiger partial charge in [0.1, 0.15) is 5.82 Å². The summed E-state index contributed by atoms with van der Waals surface area (Å²) < 4.78 is 5.47. The Morgan fingerprint density at radius 3 is 2.83 bits per heavy atom. The van der Waals surface area contributed by atoms with Crippen LogP contribution in [0, 0.1) is 0 Å². The number of rotatable bonds is 8. The van der Waals surface area contributed by atoms with Crippen LogP contribution in [0.5, 0.6) is 0 Å². The van der Waals surface area contributed by atoms with E-state index in [0.717, 1.165) is 44.2 Å². The summed E-state index contributed by atoms with van der Waals surface area (Å²) in [4.78, 5) is 11.6. The largest absolute Gasteiger partial charge is 0.395 e. The lowest BCUT2D eigenvalue weighted by molar-refractivity contribution is 0.193. The quantitative estimate of drug-likeness (QED) is 0.656. The number of ether oxygens (including phenoxy) is 1. The minimum Gasteiger partial charge on any atom is -0.395 e. The van der Waals surface area contributed by atoms with Crippen molar-refractivity contribution in [2.75, 3.05) is 63.2 Å². The van der Waals surface area contributed by atoms with E-state index in [1.807, 2.05) is 6.07 Å². The first kappa shape index (κ1) is 16.4. The van der Waals surface area contributed by atoms with Gasteiger partial charge in [-0.1, -0.05) is 0 Å². The van der Waals surface area contributed by atoms with E-state index >= 15 is 0 Å². The van der Waals surface area contributed by atoms with Gasteiger partial charge in [0, 0.05) is 38.2 Å². The van der Waals surface area contributed by atoms with Crippen LogP contribution >= 0.6 is 0 Å². The maximum atomic E-state index is 8.98. The van der Waals surface area contributed by atoms with Gasteiger partial charge in [-0.15, -0.1) is 0 Å². The molecule has 1 aromatic heterocycles. The smallest absolute Gasteiger partial charge is 0.224 e. The van der Waals surface area contributed by atoms with E-state index in [1.165, 1.54) is 25.9 Å². The molecule has 0 radical (unpaired) electrons. The summed E-state index contributed by atoms with van der Waals surface area (Å²) in [6.07, 6.45) is 3.63. The molecule has 0 bridgehead atoms. The van der Waals surface area contributed by atoms with Gasteiger partial charge in [-0.2, -0.15) is 4.98 Å². The summed E-state index contributed by atoms with van der Waals surface area (Å²) in [7, 11) is 0. The maximum absolute atomic E-state index is 8.98. The van der Waals surface area contributed by atoms with Crippen LogP contribution in [-0.4, -0.2) is 72.5 Å². The number of anilines is 2. The lowest BCUT2D eigenvalue weighted by Crippen LogP contribution is -2.26. The predicted octanol–water partition coefficient (Wildman–Crippen LogP) is 0.892. The molecule has 3 heterocycles. The number of hydrogen-bond acceptors (Lipinski definition) is 7. The van der Waals surface area contributed by atoms with Gasteiger partial charge >= 0.3 is 0 Å². The zero-order chi connectivity index (χ0) is 15.9. The number of likely N-dealkylation sites (tertiary alicyclic amines) is 1. The Morgan fingerprint density at radius 2 is 2.09 bits per heavy atom. The molecular weight excluding hydrogens is 294 g/mol. The second kappa shape index (κ2) is 8.42. The fourth-order valence-corrected chi connectivity index (χ4v) is 3.13. The molecule has 3 rings (SSSR count). The lowest BCUT2D eigenvalue weighted by Gasteiger charge is -2.16. The minimum atomic E-state index is 0.0673. The Hall–Kier alpha value is -1.44. The van der Waals surface area contributed by atoms with Crippen LogP contribution in [0.25, 0.3) is 0 Å². The van der Waals surface area contributed by atoms with E-state index < -0.39 is 0 Å². The molecule has 7 nitrogen and oxygen atoms in total. The van der Waals surface area contributed by atoms with Crippen molar-refractivity contribution < 1.29 is 9.84 Å². The van der Waals surface area contributed by atoms with Crippen molar-refractivity contribution in [2.45, 2.75) is 25.2 Å². The van der Waals surface area contributed by atoms with Crippen molar-refractivity contribution in [3.8, 4) is 0 Å². The van der Waals surface area contributed by atoms with Crippen molar-refractivity contribution in [1.29, 1.82) is 0 Å². The molecule has 2 fully saturated rings. The molecule has 1 atom stereocenters. The minimum absolute atomic E-state index is 0.0673. The van der Waals surface area contributed by atoms with E-state index in [2.05, 4.69) is 25.5 Å². The van der Waals surface area contributed by atoms with Crippen LogP contribution in [0.4, 0.5) is 11.8 Å². The van der Waals surface area contributed by atoms with E-state index in [0.29, 0.717) is 18.4 Å². The van der Waals surface area contributed by atoms with E-state index in [-0.39, 0.29) is 6.61 Å². The molecular formula is C16H27N5O2. The average molecular weight is 321 g/mol. The molecule has 0 spiro atoms. The van der Waals surface area contributed by atoms with Gasteiger partial charge < -0.3 is 25.4 Å². The van der Waals surface area contributed by atoms with Crippen molar-refractivity contribution >= 4 is 11.8 Å². The van der Waals surface area contributed by atoms with E-state index in [4.69, 9.17) is 9.84 Å². The summed E-state index contributed by atoms with van der Waals surface area (Å²) in [5.41, 5.74) is 1.02. The van der Waals surface area contributed by atoms with Crippen LogP contribution < -0.4 is 10.6 Å². The summed E-state index contributed by atoms with van der Waals surface area (Å²) in [6.45, 7) is 6.40. The third-order valence-corrected chi connectivity index (χ3v) is 4.42. The zero-order valence-corrected chi connectivity index (χ0v) is 13.6. The normalized spacial score (nSPS) is 21.7. The second-order valence-electron chi connectivity index (χ2n) is 6.19. The average Bonchev–Trinajstić information content (AvgIpc) is 3.26. The molecule has 128 valence electrons. The monoisotopic (exact) mass is 321 g/mol. The summed E-state index contributed by atoms with van der Waals surface area (Å²) in [5, 5.41) is 15.5. The molecule has 0 aromatic carbocycles. The number of aliphatic hydroxyl groups excluding tert-OH is 1. The molecule has 3 N–H and O–H groups in total. The molecule has 2 saturated heterocycles. The summed E-state index contributed by atoms with van der Waals surface area (Å²) in [6, 6.07) is 2.04. The molecule has 7 heteroatoms. The van der Waals surface area contributed by atoms with E-state index in [9.17, 15) is 0 Å². The Balaban J connectivity index is 1.62. The predicted molar refractivity (Wildman–Crippen MR) is 89.9 cm³/mol. The Labute approximate surface area is 137 Å². The fourth-order valence-electron chi connectivity index (χ4n) is 3.13. The standard InChI is InChI=1S/C16H27N5O2/c22-9-5-18-16-19-14(13-3-10-23-12-13)11-15(20-16)17-4-8-21-6-1-2-7-21/h11,13,22H,1-10,12H2,(H2,17,18,19,20)/t13-/m0/s1. The Morgan fingerprint density at radius 1 is 1.22 bits per heavy atom. The van der Waals surface area contributed by atoms with Crippen molar-refractivity contribution in [1.82, 2.24) is 14.9 Å². The van der Waals surface area contributed by atoms with Crippen LogP contribution in [0.1, 0.15) is 30.9 Å². The highest BCUT2D eigenvalue weighted by atomic mass is 16.5. The van der Waals surface area contributed by atoms with Gasteiger partial charge in [-0.3, -0.25) is 0 Å². The molecule has 0 saturated carbocycles. The number of hydrogen-bond donors (Lipinski definition) is 3. The molecule has 0 unspecified atom stereocenters. The van der Waals surface area contributed by atoms with Crippen molar-refractivity contribution in [2.24, 2.45) is 0 Å². The van der Waals surface area contributed by atoms with Crippen LogP contribution in [0.2, 0.25) is 0 Å². The molecule has 1 aromatic rings. The Bertz CT molecular complexity index is 487. The molecule has 0 aliphatic carbocycles. The van der Waals surface area contributed by atoms with Crippen LogP contribution in [0.15, 0.2) is 6.07 Å². The molecule has 0 amide bonds.